The standard InChI is InChI=1S/C13H15ClN2O3/c1-3-8-6-13(2,19-11(8)17)12(18)16-10-5-4-9(14)7-15-10/h4-5,7-8H,3,6H2,1-2H3,(H,15,16,18)/t8-,13+/m1/s1. The second kappa shape index (κ2) is 5.17. The van der Waals surface area contributed by atoms with Crippen molar-refractivity contribution in [3.05, 3.63) is 23.4 Å². The number of carbonyl (C=O) groups excluding carboxylic acids is 2. The summed E-state index contributed by atoms with van der Waals surface area (Å²) in [5.74, 6) is -0.517. The largest absolute Gasteiger partial charge is 0.449 e. The maximum Gasteiger partial charge on any atom is 0.310 e. The molecule has 19 heavy (non-hydrogen) atoms. The molecule has 1 fully saturated rings. The van der Waals surface area contributed by atoms with E-state index in [0.717, 1.165) is 0 Å². The van der Waals surface area contributed by atoms with Gasteiger partial charge in [-0.2, -0.15) is 0 Å². The monoisotopic (exact) mass is 282 g/mol. The van der Waals surface area contributed by atoms with Crippen molar-refractivity contribution in [2.24, 2.45) is 5.92 Å². The predicted molar refractivity (Wildman–Crippen MR) is 70.8 cm³/mol. The van der Waals surface area contributed by atoms with Gasteiger partial charge in [0, 0.05) is 12.6 Å². The van der Waals surface area contributed by atoms with Crippen LogP contribution in [0.5, 0.6) is 0 Å². The number of amides is 1. The lowest BCUT2D eigenvalue weighted by Gasteiger charge is -2.21. The number of esters is 1. The van der Waals surface area contributed by atoms with Gasteiger partial charge in [0.1, 0.15) is 5.82 Å². The molecule has 0 aromatic carbocycles. The number of aromatic nitrogens is 1. The fraction of sp³-hybridized carbons (Fsp3) is 0.462. The lowest BCUT2D eigenvalue weighted by Crippen LogP contribution is -2.40. The van der Waals surface area contributed by atoms with Crippen LogP contribution < -0.4 is 5.32 Å². The van der Waals surface area contributed by atoms with Gasteiger partial charge >= 0.3 is 5.97 Å². The summed E-state index contributed by atoms with van der Waals surface area (Å²) in [6, 6.07) is 3.22. The van der Waals surface area contributed by atoms with Gasteiger partial charge in [0.2, 0.25) is 0 Å². The summed E-state index contributed by atoms with van der Waals surface area (Å²) in [4.78, 5) is 27.7. The minimum Gasteiger partial charge on any atom is -0.449 e. The first kappa shape index (κ1) is 13.8. The highest BCUT2D eigenvalue weighted by atomic mass is 35.5. The number of rotatable bonds is 3. The van der Waals surface area contributed by atoms with Gasteiger partial charge in [-0.1, -0.05) is 18.5 Å². The summed E-state index contributed by atoms with van der Waals surface area (Å²) in [5, 5.41) is 3.12. The van der Waals surface area contributed by atoms with Crippen LogP contribution in [0.25, 0.3) is 0 Å². The van der Waals surface area contributed by atoms with E-state index in [1.165, 1.54) is 6.20 Å². The molecule has 0 bridgehead atoms. The van der Waals surface area contributed by atoms with E-state index in [2.05, 4.69) is 10.3 Å². The Hall–Kier alpha value is -1.62. The minimum atomic E-state index is -1.13. The summed E-state index contributed by atoms with van der Waals surface area (Å²) in [5.41, 5.74) is -1.13. The number of halogens is 1. The van der Waals surface area contributed by atoms with E-state index < -0.39 is 5.60 Å². The number of hydrogen-bond donors (Lipinski definition) is 1. The van der Waals surface area contributed by atoms with E-state index in [9.17, 15) is 9.59 Å². The zero-order chi connectivity index (χ0) is 14.0. The second-order valence-electron chi connectivity index (χ2n) is 4.78. The van der Waals surface area contributed by atoms with Gasteiger partial charge in [-0.15, -0.1) is 0 Å². The Labute approximate surface area is 116 Å². The molecule has 0 saturated carbocycles. The first-order chi connectivity index (χ1) is 8.94. The highest BCUT2D eigenvalue weighted by Gasteiger charge is 2.48. The van der Waals surface area contributed by atoms with Crippen molar-refractivity contribution < 1.29 is 14.3 Å². The third-order valence-electron chi connectivity index (χ3n) is 3.24. The van der Waals surface area contributed by atoms with E-state index in [1.807, 2.05) is 6.92 Å². The fourth-order valence-electron chi connectivity index (χ4n) is 2.05. The quantitative estimate of drug-likeness (QED) is 0.865. The van der Waals surface area contributed by atoms with Crippen LogP contribution >= 0.6 is 11.6 Å². The van der Waals surface area contributed by atoms with E-state index in [0.29, 0.717) is 23.7 Å². The van der Waals surface area contributed by atoms with E-state index >= 15 is 0 Å². The molecule has 5 nitrogen and oxygen atoms in total. The smallest absolute Gasteiger partial charge is 0.310 e. The normalized spacial score (nSPS) is 26.1. The zero-order valence-corrected chi connectivity index (χ0v) is 11.5. The molecule has 2 rings (SSSR count). The van der Waals surface area contributed by atoms with Crippen molar-refractivity contribution in [3.63, 3.8) is 0 Å². The Morgan fingerprint density at radius 1 is 1.63 bits per heavy atom. The Morgan fingerprint density at radius 3 is 2.89 bits per heavy atom. The molecular weight excluding hydrogens is 268 g/mol. The highest BCUT2D eigenvalue weighted by molar-refractivity contribution is 6.30. The minimum absolute atomic E-state index is 0.214. The van der Waals surface area contributed by atoms with Crippen molar-refractivity contribution in [1.82, 2.24) is 4.98 Å². The van der Waals surface area contributed by atoms with Crippen molar-refractivity contribution in [3.8, 4) is 0 Å². The molecule has 0 radical (unpaired) electrons. The van der Waals surface area contributed by atoms with Crippen LogP contribution in [0.3, 0.4) is 0 Å². The third kappa shape index (κ3) is 2.87. The SMILES string of the molecule is CC[C@@H]1C[C@@](C)(C(=O)Nc2ccc(Cl)cn2)OC1=O. The molecule has 1 aromatic rings. The van der Waals surface area contributed by atoms with Gasteiger partial charge in [-0.05, 0) is 25.5 Å². The van der Waals surface area contributed by atoms with E-state index in [1.54, 1.807) is 19.1 Å². The Kier molecular flexibility index (Phi) is 3.75. The van der Waals surface area contributed by atoms with E-state index in [4.69, 9.17) is 16.3 Å². The fourth-order valence-corrected chi connectivity index (χ4v) is 2.16. The van der Waals surface area contributed by atoms with Gasteiger partial charge in [0.05, 0.1) is 10.9 Å². The van der Waals surface area contributed by atoms with Crippen LogP contribution in [0.4, 0.5) is 5.82 Å². The molecule has 2 heterocycles. The first-order valence-corrected chi connectivity index (χ1v) is 6.48. The number of nitrogens with zero attached hydrogens (tertiary/aromatic N) is 1. The molecular formula is C13H15ClN2O3. The van der Waals surface area contributed by atoms with Crippen LogP contribution in [0, 0.1) is 5.92 Å². The molecule has 0 spiro atoms. The highest BCUT2D eigenvalue weighted by Crippen LogP contribution is 2.33. The van der Waals surface area contributed by atoms with Gasteiger partial charge in [0.25, 0.3) is 5.91 Å². The molecule has 1 saturated heterocycles. The lowest BCUT2D eigenvalue weighted by molar-refractivity contribution is -0.155. The Bertz CT molecular complexity index is 503. The van der Waals surface area contributed by atoms with Crippen molar-refractivity contribution >= 4 is 29.3 Å². The second-order valence-corrected chi connectivity index (χ2v) is 5.21. The van der Waals surface area contributed by atoms with Gasteiger partial charge < -0.3 is 10.1 Å². The van der Waals surface area contributed by atoms with Crippen LogP contribution in [0.2, 0.25) is 5.02 Å². The number of ether oxygens (including phenoxy) is 1. The number of anilines is 1. The van der Waals surface area contributed by atoms with Crippen LogP contribution in [-0.4, -0.2) is 22.5 Å². The lowest BCUT2D eigenvalue weighted by atomic mass is 9.93. The van der Waals surface area contributed by atoms with E-state index in [-0.39, 0.29) is 17.8 Å². The molecule has 1 N–H and O–H groups in total. The molecule has 1 amide bonds. The summed E-state index contributed by atoms with van der Waals surface area (Å²) >= 11 is 5.72. The van der Waals surface area contributed by atoms with Gasteiger partial charge in [-0.25, -0.2) is 4.98 Å². The van der Waals surface area contributed by atoms with Crippen LogP contribution in [-0.2, 0) is 14.3 Å². The number of hydrogen-bond acceptors (Lipinski definition) is 4. The summed E-state index contributed by atoms with van der Waals surface area (Å²) < 4.78 is 5.21. The van der Waals surface area contributed by atoms with Crippen LogP contribution in [0.1, 0.15) is 26.7 Å². The molecule has 0 aliphatic carbocycles. The number of cyclic esters (lactones) is 1. The van der Waals surface area contributed by atoms with Crippen molar-refractivity contribution in [2.45, 2.75) is 32.3 Å². The first-order valence-electron chi connectivity index (χ1n) is 6.10. The molecule has 1 aliphatic rings. The molecule has 2 atom stereocenters. The number of pyridine rings is 1. The van der Waals surface area contributed by atoms with Crippen molar-refractivity contribution in [1.29, 1.82) is 0 Å². The maximum atomic E-state index is 12.2. The molecule has 1 aromatic heterocycles. The average molecular weight is 283 g/mol. The summed E-state index contributed by atoms with van der Waals surface area (Å²) in [6.45, 7) is 3.52. The van der Waals surface area contributed by atoms with Crippen LogP contribution in [0.15, 0.2) is 18.3 Å². The third-order valence-corrected chi connectivity index (χ3v) is 3.46. The number of nitrogens with one attached hydrogen (secondary N) is 1. The molecule has 1 aliphatic heterocycles. The predicted octanol–water partition coefficient (Wildman–Crippen LogP) is 2.41. The average Bonchev–Trinajstić information content (AvgIpc) is 2.68. The Morgan fingerprint density at radius 2 is 2.37 bits per heavy atom. The van der Waals surface area contributed by atoms with Gasteiger partial charge in [0.15, 0.2) is 5.60 Å². The van der Waals surface area contributed by atoms with Gasteiger partial charge in [-0.3, -0.25) is 9.59 Å². The Balaban J connectivity index is 2.08. The maximum absolute atomic E-state index is 12.2. The number of carbonyl (C=O) groups is 2. The summed E-state index contributed by atoms with van der Waals surface area (Å²) in [6.07, 6.45) is 2.50. The van der Waals surface area contributed by atoms with Crippen molar-refractivity contribution in [2.75, 3.05) is 5.32 Å². The summed E-state index contributed by atoms with van der Waals surface area (Å²) in [7, 11) is 0. The molecule has 102 valence electrons. The topological polar surface area (TPSA) is 68.3 Å². The zero-order valence-electron chi connectivity index (χ0n) is 10.8. The molecule has 0 unspecified atom stereocenters. The molecule has 6 heteroatoms.